The molecular weight excluding hydrogens is 959 g/mol. The number of allylic oxidation sites excluding steroid dienone is 4. The van der Waals surface area contributed by atoms with Crippen LogP contribution in [0.2, 0.25) is 0 Å². The summed E-state index contributed by atoms with van der Waals surface area (Å²) < 4.78 is 5.49. The van der Waals surface area contributed by atoms with Gasteiger partial charge < -0.3 is 20.3 Å². The predicted octanol–water partition coefficient (Wildman–Crippen LogP) is 22.9. The Labute approximate surface area is 488 Å². The van der Waals surface area contributed by atoms with E-state index in [9.17, 15) is 19.8 Å². The number of rotatable bonds is 67. The lowest BCUT2D eigenvalue weighted by Gasteiger charge is -2.22. The molecule has 0 aliphatic heterocycles. The second-order valence-electron chi connectivity index (χ2n) is 24.6. The largest absolute Gasteiger partial charge is 0.466 e. The molecule has 0 aromatic carbocycles. The average molecular weight is 1100 g/mol. The van der Waals surface area contributed by atoms with Crippen LogP contribution < -0.4 is 5.32 Å². The molecule has 0 aliphatic rings. The maximum Gasteiger partial charge on any atom is 0.305 e. The summed E-state index contributed by atoms with van der Waals surface area (Å²) in [7, 11) is 0. The lowest BCUT2D eigenvalue weighted by atomic mass is 10.0. The first-order valence-corrected chi connectivity index (χ1v) is 35.6. The molecule has 0 rings (SSSR count). The zero-order chi connectivity index (χ0) is 56.4. The van der Waals surface area contributed by atoms with Gasteiger partial charge in [-0.2, -0.15) is 0 Å². The first-order chi connectivity index (χ1) is 38.5. The highest BCUT2D eigenvalue weighted by Crippen LogP contribution is 2.19. The Hall–Kier alpha value is -1.66. The van der Waals surface area contributed by atoms with Crippen LogP contribution in [0.3, 0.4) is 0 Å². The molecule has 6 nitrogen and oxygen atoms in total. The summed E-state index contributed by atoms with van der Waals surface area (Å²) in [5.41, 5.74) is 0. The van der Waals surface area contributed by atoms with E-state index in [0.29, 0.717) is 25.9 Å². The molecule has 2 unspecified atom stereocenters. The summed E-state index contributed by atoms with van der Waals surface area (Å²) in [4.78, 5) is 24.5. The standard InChI is InChI=1S/C72H139NO5/c1-3-5-7-9-11-13-15-41-46-50-54-58-62-66-72(77)78-67-63-59-55-51-47-43-40-38-36-34-32-30-28-26-24-22-20-18-16-17-19-21-23-25-27-29-31-33-35-37-39-42-45-49-53-57-61-65-71(76)73-69(68-74)70(75)64-60-56-52-48-44-14-12-10-8-6-4-2/h16,18,22,24,69-70,74-75H,3-15,17,19-21,23,25-68H2,1-2H3,(H,73,76)/b18-16-,24-22-. The topological polar surface area (TPSA) is 95.9 Å². The van der Waals surface area contributed by atoms with Gasteiger partial charge in [-0.15, -0.1) is 0 Å². The fourth-order valence-electron chi connectivity index (χ4n) is 11.3. The molecule has 78 heavy (non-hydrogen) atoms. The number of unbranched alkanes of at least 4 members (excludes halogenated alkanes) is 52. The minimum Gasteiger partial charge on any atom is -0.466 e. The number of amides is 1. The molecule has 0 radical (unpaired) electrons. The van der Waals surface area contributed by atoms with E-state index < -0.39 is 12.1 Å². The molecule has 3 N–H and O–H groups in total. The number of nitrogens with one attached hydrogen (secondary N) is 1. The second-order valence-corrected chi connectivity index (χ2v) is 24.6. The van der Waals surface area contributed by atoms with Gasteiger partial charge in [-0.25, -0.2) is 0 Å². The molecule has 0 aliphatic carbocycles. The highest BCUT2D eigenvalue weighted by atomic mass is 16.5. The van der Waals surface area contributed by atoms with Crippen molar-refractivity contribution in [3.8, 4) is 0 Å². The van der Waals surface area contributed by atoms with E-state index in [2.05, 4.69) is 43.5 Å². The van der Waals surface area contributed by atoms with Gasteiger partial charge in [0.1, 0.15) is 0 Å². The maximum atomic E-state index is 12.5. The van der Waals surface area contributed by atoms with Gasteiger partial charge in [-0.1, -0.05) is 353 Å². The van der Waals surface area contributed by atoms with Crippen molar-refractivity contribution in [3.05, 3.63) is 24.3 Å². The number of esters is 1. The number of ether oxygens (including phenoxy) is 1. The molecule has 1 amide bonds. The van der Waals surface area contributed by atoms with Crippen LogP contribution in [-0.4, -0.2) is 47.4 Å². The molecular formula is C72H139NO5. The minimum atomic E-state index is -0.660. The molecule has 0 saturated heterocycles. The monoisotopic (exact) mass is 1100 g/mol. The maximum absolute atomic E-state index is 12.5. The van der Waals surface area contributed by atoms with Crippen LogP contribution in [0.1, 0.15) is 399 Å². The summed E-state index contributed by atoms with van der Waals surface area (Å²) >= 11 is 0. The molecule has 2 atom stereocenters. The molecule has 462 valence electrons. The van der Waals surface area contributed by atoms with Gasteiger partial charge in [0.25, 0.3) is 0 Å². The highest BCUT2D eigenvalue weighted by molar-refractivity contribution is 5.76. The van der Waals surface area contributed by atoms with Crippen molar-refractivity contribution in [1.82, 2.24) is 5.32 Å². The van der Waals surface area contributed by atoms with Crippen molar-refractivity contribution in [3.63, 3.8) is 0 Å². The van der Waals surface area contributed by atoms with E-state index in [0.717, 1.165) is 44.9 Å². The Balaban J connectivity index is 3.33. The average Bonchev–Trinajstić information content (AvgIpc) is 3.44. The fraction of sp³-hybridized carbons (Fsp3) is 0.917. The third-order valence-corrected chi connectivity index (χ3v) is 16.8. The van der Waals surface area contributed by atoms with Gasteiger partial charge in [-0.05, 0) is 57.8 Å². The molecule has 0 aromatic heterocycles. The summed E-state index contributed by atoms with van der Waals surface area (Å²) in [6.45, 7) is 4.97. The summed E-state index contributed by atoms with van der Waals surface area (Å²) in [5, 5.41) is 23.2. The first-order valence-electron chi connectivity index (χ1n) is 35.6. The van der Waals surface area contributed by atoms with Crippen molar-refractivity contribution in [2.75, 3.05) is 13.2 Å². The number of hydrogen-bond donors (Lipinski definition) is 3. The van der Waals surface area contributed by atoms with Crippen LogP contribution in [0, 0.1) is 0 Å². The highest BCUT2D eigenvalue weighted by Gasteiger charge is 2.20. The normalized spacial score (nSPS) is 12.6. The molecule has 0 fully saturated rings. The van der Waals surface area contributed by atoms with Crippen LogP contribution >= 0.6 is 0 Å². The van der Waals surface area contributed by atoms with Crippen molar-refractivity contribution in [1.29, 1.82) is 0 Å². The summed E-state index contributed by atoms with van der Waals surface area (Å²) in [6.07, 6.45) is 85.4. The van der Waals surface area contributed by atoms with Gasteiger partial charge in [0.2, 0.25) is 5.91 Å². The number of aliphatic hydroxyl groups is 2. The Morgan fingerprint density at radius 3 is 0.974 bits per heavy atom. The third-order valence-electron chi connectivity index (χ3n) is 16.8. The zero-order valence-electron chi connectivity index (χ0n) is 52.9. The first kappa shape index (κ1) is 76.3. The van der Waals surface area contributed by atoms with Gasteiger partial charge in [0.15, 0.2) is 0 Å². The lowest BCUT2D eigenvalue weighted by Crippen LogP contribution is -2.45. The quantitative estimate of drug-likeness (QED) is 0.0320. The van der Waals surface area contributed by atoms with Gasteiger partial charge in [0.05, 0.1) is 25.4 Å². The van der Waals surface area contributed by atoms with Crippen LogP contribution in [0.25, 0.3) is 0 Å². The van der Waals surface area contributed by atoms with Crippen molar-refractivity contribution in [2.45, 2.75) is 411 Å². The smallest absolute Gasteiger partial charge is 0.305 e. The van der Waals surface area contributed by atoms with Crippen molar-refractivity contribution < 1.29 is 24.5 Å². The molecule has 0 saturated carbocycles. The molecule has 0 spiro atoms. The number of hydrogen-bond acceptors (Lipinski definition) is 5. The van der Waals surface area contributed by atoms with Gasteiger partial charge in [0, 0.05) is 12.8 Å². The number of carbonyl (C=O) groups excluding carboxylic acids is 2. The second kappa shape index (κ2) is 67.8. The van der Waals surface area contributed by atoms with E-state index in [1.165, 1.54) is 321 Å². The summed E-state index contributed by atoms with van der Waals surface area (Å²) in [6, 6.07) is -0.537. The van der Waals surface area contributed by atoms with Crippen molar-refractivity contribution in [2.24, 2.45) is 0 Å². The molecule has 0 bridgehead atoms. The SMILES string of the molecule is CCCCCCCCCCCCCCCC(=O)OCCCCCCCCCCCCCCC/C=C\C/C=C\CCCCCCCCCCCCCCCCCCCC(=O)NC(CO)C(O)CCCCCCCCCCCCC. The van der Waals surface area contributed by atoms with Crippen LogP contribution in [0.4, 0.5) is 0 Å². The third kappa shape index (κ3) is 63.5. The van der Waals surface area contributed by atoms with Gasteiger partial charge in [-0.3, -0.25) is 9.59 Å². The molecule has 0 aromatic rings. The van der Waals surface area contributed by atoms with Crippen LogP contribution in [0.5, 0.6) is 0 Å². The minimum absolute atomic E-state index is 0.0208. The van der Waals surface area contributed by atoms with E-state index in [1.807, 2.05) is 0 Å². The number of aliphatic hydroxyl groups excluding tert-OH is 2. The Morgan fingerprint density at radius 1 is 0.359 bits per heavy atom. The Bertz CT molecular complexity index is 1220. The number of carbonyl (C=O) groups is 2. The van der Waals surface area contributed by atoms with E-state index in [4.69, 9.17) is 4.74 Å². The van der Waals surface area contributed by atoms with E-state index in [-0.39, 0.29) is 18.5 Å². The molecule has 0 heterocycles. The lowest BCUT2D eigenvalue weighted by molar-refractivity contribution is -0.143. The van der Waals surface area contributed by atoms with E-state index >= 15 is 0 Å². The Kier molecular flexibility index (Phi) is 66.4. The predicted molar refractivity (Wildman–Crippen MR) is 343 cm³/mol. The van der Waals surface area contributed by atoms with E-state index in [1.54, 1.807) is 0 Å². The van der Waals surface area contributed by atoms with Crippen LogP contribution in [-0.2, 0) is 14.3 Å². The van der Waals surface area contributed by atoms with Gasteiger partial charge >= 0.3 is 5.97 Å². The molecule has 6 heteroatoms. The van der Waals surface area contributed by atoms with Crippen molar-refractivity contribution >= 4 is 11.9 Å². The Morgan fingerprint density at radius 2 is 0.641 bits per heavy atom. The van der Waals surface area contributed by atoms with Crippen LogP contribution in [0.15, 0.2) is 24.3 Å². The fourth-order valence-corrected chi connectivity index (χ4v) is 11.3. The zero-order valence-corrected chi connectivity index (χ0v) is 52.9. The summed E-state index contributed by atoms with van der Waals surface area (Å²) in [5.74, 6) is -0.0105.